The van der Waals surface area contributed by atoms with Crippen LogP contribution in [0.3, 0.4) is 0 Å². The number of carboxylic acids is 1. The number of nitrogens with zero attached hydrogens (tertiary/aromatic N) is 1. The van der Waals surface area contributed by atoms with Crippen molar-refractivity contribution in [2.45, 2.75) is 24.6 Å². The molecule has 0 aliphatic carbocycles. The normalized spacial score (nSPS) is 21.8. The fourth-order valence-corrected chi connectivity index (χ4v) is 2.91. The number of carbonyl (C=O) groups excluding carboxylic acids is 2. The zero-order chi connectivity index (χ0) is 13.1. The molecular weight excluding hydrogens is 258 g/mol. The number of hydrogen-bond donors (Lipinski definition) is 1. The average Bonchev–Trinajstić information content (AvgIpc) is 2.32. The summed E-state index contributed by atoms with van der Waals surface area (Å²) in [6, 6.07) is 0. The zero-order valence-corrected chi connectivity index (χ0v) is 10.4. The summed E-state index contributed by atoms with van der Waals surface area (Å²) in [6.07, 6.45) is 2.39. The van der Waals surface area contributed by atoms with Crippen LogP contribution in [-0.2, 0) is 19.1 Å². The maximum Gasteiger partial charge on any atom is 0.354 e. The van der Waals surface area contributed by atoms with Gasteiger partial charge in [-0.15, -0.1) is 11.8 Å². The topological polar surface area (TPSA) is 83.9 Å². The Balaban J connectivity index is 1.83. The number of amides is 1. The second-order valence-corrected chi connectivity index (χ2v) is 5.19. The third-order valence-electron chi connectivity index (χ3n) is 2.71. The molecule has 2 rings (SSSR count). The molecular formula is C11H13NO5S. The predicted molar refractivity (Wildman–Crippen MR) is 63.6 cm³/mol. The zero-order valence-electron chi connectivity index (χ0n) is 9.63. The quantitative estimate of drug-likeness (QED) is 0.447. The second kappa shape index (κ2) is 5.43. The smallest absolute Gasteiger partial charge is 0.354 e. The largest absolute Gasteiger partial charge is 0.481 e. The summed E-state index contributed by atoms with van der Waals surface area (Å²) in [5.41, 5.74) is 0.297. The monoisotopic (exact) mass is 271 g/mol. The summed E-state index contributed by atoms with van der Waals surface area (Å²) in [4.78, 5) is 34.9. The van der Waals surface area contributed by atoms with Crippen molar-refractivity contribution in [3.63, 3.8) is 0 Å². The molecule has 6 nitrogen and oxygen atoms in total. The van der Waals surface area contributed by atoms with Gasteiger partial charge in [0.1, 0.15) is 5.70 Å². The number of carboxylic acid groups (broad SMARTS) is 1. The van der Waals surface area contributed by atoms with E-state index in [0.29, 0.717) is 17.9 Å². The number of β-lactam (4-membered cyclic amide) rings is 1. The Hall–Kier alpha value is -1.50. The van der Waals surface area contributed by atoms with E-state index in [-0.39, 0.29) is 30.7 Å². The SMILES string of the molecule is O=C(O)CCCOC(=O)C1=CCS[C@@H]2CC(=O)N12. The van der Waals surface area contributed by atoms with Gasteiger partial charge in [-0.1, -0.05) is 0 Å². The van der Waals surface area contributed by atoms with E-state index in [9.17, 15) is 14.4 Å². The lowest BCUT2D eigenvalue weighted by molar-refractivity contribution is -0.149. The van der Waals surface area contributed by atoms with E-state index < -0.39 is 11.9 Å². The van der Waals surface area contributed by atoms with Crippen molar-refractivity contribution in [3.05, 3.63) is 11.8 Å². The van der Waals surface area contributed by atoms with E-state index in [4.69, 9.17) is 9.84 Å². The molecule has 0 aromatic heterocycles. The number of carbonyl (C=O) groups is 3. The van der Waals surface area contributed by atoms with Gasteiger partial charge in [-0.25, -0.2) is 4.79 Å². The van der Waals surface area contributed by atoms with Crippen molar-refractivity contribution >= 4 is 29.6 Å². The van der Waals surface area contributed by atoms with Crippen LogP contribution in [-0.4, -0.2) is 45.6 Å². The number of aliphatic carboxylic acids is 1. The molecule has 1 atom stereocenters. The highest BCUT2D eigenvalue weighted by Gasteiger charge is 2.43. The number of thioether (sulfide) groups is 1. The number of esters is 1. The lowest BCUT2D eigenvalue weighted by atomic mass is 10.1. The van der Waals surface area contributed by atoms with E-state index >= 15 is 0 Å². The molecule has 18 heavy (non-hydrogen) atoms. The third-order valence-corrected chi connectivity index (χ3v) is 3.83. The second-order valence-electron chi connectivity index (χ2n) is 3.98. The minimum absolute atomic E-state index is 0.0343. The number of rotatable bonds is 5. The van der Waals surface area contributed by atoms with Crippen LogP contribution in [0.15, 0.2) is 11.8 Å². The molecule has 0 aromatic rings. The molecule has 0 radical (unpaired) electrons. The van der Waals surface area contributed by atoms with Crippen LogP contribution in [0.25, 0.3) is 0 Å². The van der Waals surface area contributed by atoms with Gasteiger partial charge in [-0.05, 0) is 12.5 Å². The standard InChI is InChI=1S/C11H13NO5S/c13-8-6-9-12(8)7(3-5-18-9)11(16)17-4-1-2-10(14)15/h3,9H,1-2,4-6H2,(H,14,15)/t9-/m1/s1. The van der Waals surface area contributed by atoms with Crippen LogP contribution < -0.4 is 0 Å². The first-order chi connectivity index (χ1) is 8.59. The Morgan fingerprint density at radius 3 is 3.00 bits per heavy atom. The summed E-state index contributed by atoms with van der Waals surface area (Å²) >= 11 is 1.61. The molecule has 0 aromatic carbocycles. The van der Waals surface area contributed by atoms with Gasteiger partial charge in [0.2, 0.25) is 5.91 Å². The van der Waals surface area contributed by atoms with Gasteiger partial charge in [-0.2, -0.15) is 0 Å². The summed E-state index contributed by atoms with van der Waals surface area (Å²) in [6.45, 7) is 0.0579. The van der Waals surface area contributed by atoms with Gasteiger partial charge in [0, 0.05) is 12.2 Å². The summed E-state index contributed by atoms with van der Waals surface area (Å²) in [7, 11) is 0. The maximum atomic E-state index is 11.7. The van der Waals surface area contributed by atoms with Crippen molar-refractivity contribution in [3.8, 4) is 0 Å². The predicted octanol–water partition coefficient (Wildman–Crippen LogP) is 0.584. The number of fused-ring (bicyclic) bond motifs is 1. The van der Waals surface area contributed by atoms with Crippen LogP contribution in [0.5, 0.6) is 0 Å². The molecule has 1 fully saturated rings. The Morgan fingerprint density at radius 1 is 1.56 bits per heavy atom. The van der Waals surface area contributed by atoms with Gasteiger partial charge in [0.25, 0.3) is 0 Å². The Labute approximate surface area is 108 Å². The molecule has 2 heterocycles. The molecule has 0 spiro atoms. The van der Waals surface area contributed by atoms with E-state index in [1.807, 2.05) is 0 Å². The fraction of sp³-hybridized carbons (Fsp3) is 0.545. The van der Waals surface area contributed by atoms with Crippen molar-refractivity contribution < 1.29 is 24.2 Å². The van der Waals surface area contributed by atoms with E-state index in [1.54, 1.807) is 17.8 Å². The summed E-state index contributed by atoms with van der Waals surface area (Å²) in [5.74, 6) is -0.842. The highest BCUT2D eigenvalue weighted by Crippen LogP contribution is 2.37. The first-order valence-corrected chi connectivity index (χ1v) is 6.67. The molecule has 2 aliphatic rings. The highest BCUT2D eigenvalue weighted by atomic mass is 32.2. The van der Waals surface area contributed by atoms with Crippen LogP contribution >= 0.6 is 11.8 Å². The summed E-state index contributed by atoms with van der Waals surface area (Å²) < 4.78 is 4.96. The van der Waals surface area contributed by atoms with Crippen LogP contribution in [0, 0.1) is 0 Å². The fourth-order valence-electron chi connectivity index (χ4n) is 1.79. The minimum Gasteiger partial charge on any atom is -0.481 e. The van der Waals surface area contributed by atoms with Crippen LogP contribution in [0.1, 0.15) is 19.3 Å². The Kier molecular flexibility index (Phi) is 3.90. The van der Waals surface area contributed by atoms with Gasteiger partial charge in [-0.3, -0.25) is 14.5 Å². The van der Waals surface area contributed by atoms with E-state index in [1.165, 1.54) is 4.90 Å². The Bertz CT molecular complexity index is 420. The average molecular weight is 271 g/mol. The van der Waals surface area contributed by atoms with Gasteiger partial charge < -0.3 is 9.84 Å². The number of hydrogen-bond acceptors (Lipinski definition) is 5. The van der Waals surface area contributed by atoms with Crippen molar-refractivity contribution in [1.82, 2.24) is 4.90 Å². The molecule has 1 saturated heterocycles. The molecule has 2 aliphatic heterocycles. The lowest BCUT2D eigenvalue weighted by Crippen LogP contribution is -2.53. The van der Waals surface area contributed by atoms with E-state index in [2.05, 4.69) is 0 Å². The number of ether oxygens (including phenoxy) is 1. The minimum atomic E-state index is -0.919. The molecule has 0 saturated carbocycles. The van der Waals surface area contributed by atoms with E-state index in [0.717, 1.165) is 0 Å². The summed E-state index contributed by atoms with van der Waals surface area (Å²) in [5, 5.41) is 8.50. The third kappa shape index (κ3) is 2.66. The molecule has 98 valence electrons. The van der Waals surface area contributed by atoms with Gasteiger partial charge in [0.15, 0.2) is 0 Å². The molecule has 7 heteroatoms. The van der Waals surface area contributed by atoms with Crippen LogP contribution in [0.4, 0.5) is 0 Å². The van der Waals surface area contributed by atoms with Crippen molar-refractivity contribution in [1.29, 1.82) is 0 Å². The van der Waals surface area contributed by atoms with Crippen LogP contribution in [0.2, 0.25) is 0 Å². The first-order valence-electron chi connectivity index (χ1n) is 5.62. The molecule has 1 amide bonds. The molecule has 0 bridgehead atoms. The highest BCUT2D eigenvalue weighted by molar-refractivity contribution is 8.00. The maximum absolute atomic E-state index is 11.7. The molecule has 0 unspecified atom stereocenters. The Morgan fingerprint density at radius 2 is 2.33 bits per heavy atom. The van der Waals surface area contributed by atoms with Gasteiger partial charge in [0.05, 0.1) is 18.4 Å². The molecule has 1 N–H and O–H groups in total. The van der Waals surface area contributed by atoms with Crippen molar-refractivity contribution in [2.75, 3.05) is 12.4 Å². The van der Waals surface area contributed by atoms with Gasteiger partial charge >= 0.3 is 11.9 Å². The first kappa shape index (κ1) is 12.9. The lowest BCUT2D eigenvalue weighted by Gasteiger charge is -2.42. The van der Waals surface area contributed by atoms with Crippen molar-refractivity contribution in [2.24, 2.45) is 0 Å².